The van der Waals surface area contributed by atoms with E-state index in [1.165, 1.54) is 25.7 Å². The monoisotopic (exact) mass is 445 g/mol. The summed E-state index contributed by atoms with van der Waals surface area (Å²) in [5.41, 5.74) is -0.753. The van der Waals surface area contributed by atoms with Gasteiger partial charge in [0.2, 0.25) is 5.82 Å². The van der Waals surface area contributed by atoms with E-state index in [1.807, 2.05) is 0 Å². The van der Waals surface area contributed by atoms with E-state index in [1.54, 1.807) is 13.8 Å². The number of ether oxygens (including phenoxy) is 2. The van der Waals surface area contributed by atoms with Crippen LogP contribution >= 0.6 is 0 Å². The second kappa shape index (κ2) is 13.9. The fraction of sp³-hybridized carbons (Fsp3) is 0.652. The number of amides is 1. The maximum absolute atomic E-state index is 14.3. The topological polar surface area (TPSA) is 64.6 Å². The Hall–Kier alpha value is -2.25. The molecule has 0 aliphatic carbocycles. The zero-order valence-electron chi connectivity index (χ0n) is 18.9. The molecule has 8 heteroatoms. The summed E-state index contributed by atoms with van der Waals surface area (Å²) >= 11 is 0. The Balaban J connectivity index is 2.60. The van der Waals surface area contributed by atoms with Crippen molar-refractivity contribution in [3.63, 3.8) is 0 Å². The van der Waals surface area contributed by atoms with Gasteiger partial charge < -0.3 is 14.8 Å². The Labute approximate surface area is 182 Å². The average molecular weight is 446 g/mol. The van der Waals surface area contributed by atoms with Crippen LogP contribution in [0.3, 0.4) is 0 Å². The maximum Gasteiger partial charge on any atom is 0.328 e. The Kier molecular flexibility index (Phi) is 12.0. The molecule has 0 aliphatic heterocycles. The molecule has 0 bridgehead atoms. The van der Waals surface area contributed by atoms with E-state index >= 15 is 0 Å². The predicted octanol–water partition coefficient (Wildman–Crippen LogP) is 5.55. The van der Waals surface area contributed by atoms with Crippen LogP contribution in [0.4, 0.5) is 13.2 Å². The van der Waals surface area contributed by atoms with Crippen LogP contribution in [0.1, 0.15) is 82.5 Å². The van der Waals surface area contributed by atoms with Crippen LogP contribution in [0.2, 0.25) is 0 Å². The summed E-state index contributed by atoms with van der Waals surface area (Å²) < 4.78 is 51.4. The van der Waals surface area contributed by atoms with Gasteiger partial charge in [0.15, 0.2) is 17.4 Å². The molecule has 0 radical (unpaired) electrons. The molecule has 0 aliphatic rings. The number of unbranched alkanes of at least 4 members (excludes halogenated alkanes) is 7. The quantitative estimate of drug-likeness (QED) is 0.232. The van der Waals surface area contributed by atoms with Crippen molar-refractivity contribution in [2.24, 2.45) is 5.92 Å². The van der Waals surface area contributed by atoms with Crippen molar-refractivity contribution in [2.45, 2.75) is 78.2 Å². The number of rotatable bonds is 14. The van der Waals surface area contributed by atoms with E-state index in [-0.39, 0.29) is 12.5 Å². The van der Waals surface area contributed by atoms with Gasteiger partial charge in [0.1, 0.15) is 6.04 Å². The molecule has 5 nitrogen and oxygen atoms in total. The lowest BCUT2D eigenvalue weighted by Crippen LogP contribution is -2.45. The van der Waals surface area contributed by atoms with Gasteiger partial charge in [0.25, 0.3) is 5.91 Å². The third kappa shape index (κ3) is 8.42. The predicted molar refractivity (Wildman–Crippen MR) is 113 cm³/mol. The number of carbonyl (C=O) groups excluding carboxylic acids is 2. The standard InChI is InChI=1S/C23H34F3NO4/c1-5-6-7-8-9-10-11-12-13-31-23(29)20(15(2)3)27-22(28)16-14-17(24)19(26)21(30-4)18(16)25/h14-15,20H,5-13H2,1-4H3,(H,27,28). The van der Waals surface area contributed by atoms with Gasteiger partial charge in [-0.1, -0.05) is 65.7 Å². The Morgan fingerprint density at radius 2 is 1.55 bits per heavy atom. The molecule has 1 aromatic carbocycles. The van der Waals surface area contributed by atoms with E-state index in [4.69, 9.17) is 4.74 Å². The SMILES string of the molecule is CCCCCCCCCCOC(=O)C(NC(=O)c1cc(F)c(F)c(OC)c1F)C(C)C. The summed E-state index contributed by atoms with van der Waals surface area (Å²) in [6.45, 7) is 5.77. The van der Waals surface area contributed by atoms with E-state index in [0.29, 0.717) is 12.5 Å². The molecule has 1 aromatic rings. The number of benzene rings is 1. The highest BCUT2D eigenvalue weighted by Gasteiger charge is 2.29. The summed E-state index contributed by atoms with van der Waals surface area (Å²) in [4.78, 5) is 24.8. The number of halogens is 3. The van der Waals surface area contributed by atoms with Crippen molar-refractivity contribution in [3.8, 4) is 5.75 Å². The van der Waals surface area contributed by atoms with Crippen LogP contribution in [0.25, 0.3) is 0 Å². The van der Waals surface area contributed by atoms with Gasteiger partial charge in [-0.25, -0.2) is 13.6 Å². The number of hydrogen-bond acceptors (Lipinski definition) is 4. The summed E-state index contributed by atoms with van der Waals surface area (Å²) in [6, 6.07) is -0.619. The Morgan fingerprint density at radius 1 is 0.968 bits per heavy atom. The van der Waals surface area contributed by atoms with Gasteiger partial charge in [-0.2, -0.15) is 4.39 Å². The lowest BCUT2D eigenvalue weighted by molar-refractivity contribution is -0.147. The van der Waals surface area contributed by atoms with Crippen molar-refractivity contribution >= 4 is 11.9 Å². The first-order valence-corrected chi connectivity index (χ1v) is 10.9. The van der Waals surface area contributed by atoms with Gasteiger partial charge in [-0.3, -0.25) is 4.79 Å². The van der Waals surface area contributed by atoms with Gasteiger partial charge in [-0.05, 0) is 18.4 Å². The van der Waals surface area contributed by atoms with Crippen molar-refractivity contribution in [1.29, 1.82) is 0 Å². The molecular weight excluding hydrogens is 411 g/mol. The second-order valence-corrected chi connectivity index (χ2v) is 7.90. The van der Waals surface area contributed by atoms with E-state index in [2.05, 4.69) is 17.0 Å². The minimum absolute atomic E-state index is 0.222. The smallest absolute Gasteiger partial charge is 0.328 e. The first-order valence-electron chi connectivity index (χ1n) is 10.9. The first kappa shape index (κ1) is 26.8. The molecule has 1 atom stereocenters. The molecule has 0 heterocycles. The molecular formula is C23H34F3NO4. The van der Waals surface area contributed by atoms with Crippen molar-refractivity contribution in [2.75, 3.05) is 13.7 Å². The number of esters is 1. The summed E-state index contributed by atoms with van der Waals surface area (Å²) in [6.07, 6.45) is 8.79. The highest BCUT2D eigenvalue weighted by atomic mass is 19.2. The van der Waals surface area contributed by atoms with E-state index < -0.39 is 46.7 Å². The van der Waals surface area contributed by atoms with Crippen molar-refractivity contribution < 1.29 is 32.2 Å². The summed E-state index contributed by atoms with van der Waals surface area (Å²) in [7, 11) is 0.960. The zero-order chi connectivity index (χ0) is 23.4. The molecule has 0 aromatic heterocycles. The number of hydrogen-bond donors (Lipinski definition) is 1. The van der Waals surface area contributed by atoms with E-state index in [0.717, 1.165) is 26.4 Å². The second-order valence-electron chi connectivity index (χ2n) is 7.90. The van der Waals surface area contributed by atoms with Crippen LogP contribution in [0.5, 0.6) is 5.75 Å². The summed E-state index contributed by atoms with van der Waals surface area (Å²) in [5.74, 6) is -7.36. The molecule has 0 saturated carbocycles. The molecule has 0 saturated heterocycles. The molecule has 0 fully saturated rings. The number of nitrogens with one attached hydrogen (secondary N) is 1. The molecule has 31 heavy (non-hydrogen) atoms. The fourth-order valence-electron chi connectivity index (χ4n) is 3.14. The van der Waals surface area contributed by atoms with Gasteiger partial charge in [0, 0.05) is 0 Å². The Morgan fingerprint density at radius 3 is 2.10 bits per heavy atom. The zero-order valence-corrected chi connectivity index (χ0v) is 18.9. The van der Waals surface area contributed by atoms with Crippen LogP contribution in [-0.4, -0.2) is 31.6 Å². The molecule has 1 N–H and O–H groups in total. The van der Waals surface area contributed by atoms with Gasteiger partial charge in [-0.15, -0.1) is 0 Å². The number of carbonyl (C=O) groups is 2. The highest BCUT2D eigenvalue weighted by molar-refractivity contribution is 5.97. The van der Waals surface area contributed by atoms with Crippen LogP contribution in [0.15, 0.2) is 6.07 Å². The molecule has 1 unspecified atom stereocenters. The lowest BCUT2D eigenvalue weighted by Gasteiger charge is -2.21. The van der Waals surface area contributed by atoms with Crippen LogP contribution < -0.4 is 10.1 Å². The lowest BCUT2D eigenvalue weighted by atomic mass is 10.0. The largest absolute Gasteiger partial charge is 0.491 e. The van der Waals surface area contributed by atoms with Crippen molar-refractivity contribution in [1.82, 2.24) is 5.32 Å². The number of methoxy groups -OCH3 is 1. The Bertz CT molecular complexity index is 725. The minimum Gasteiger partial charge on any atom is -0.491 e. The summed E-state index contributed by atoms with van der Waals surface area (Å²) in [5, 5.41) is 2.35. The molecule has 0 spiro atoms. The first-order chi connectivity index (χ1) is 14.7. The third-order valence-electron chi connectivity index (χ3n) is 5.01. The van der Waals surface area contributed by atoms with Gasteiger partial charge >= 0.3 is 5.97 Å². The molecule has 176 valence electrons. The fourth-order valence-corrected chi connectivity index (χ4v) is 3.14. The third-order valence-corrected chi connectivity index (χ3v) is 5.01. The van der Waals surface area contributed by atoms with Gasteiger partial charge in [0.05, 0.1) is 19.3 Å². The van der Waals surface area contributed by atoms with E-state index in [9.17, 15) is 22.8 Å². The van der Waals surface area contributed by atoms with Crippen LogP contribution in [0, 0.1) is 23.4 Å². The molecule has 1 rings (SSSR count). The maximum atomic E-state index is 14.3. The van der Waals surface area contributed by atoms with Crippen molar-refractivity contribution in [3.05, 3.63) is 29.1 Å². The minimum atomic E-state index is -1.53. The highest BCUT2D eigenvalue weighted by Crippen LogP contribution is 2.27. The normalized spacial score (nSPS) is 12.0. The van der Waals surface area contributed by atoms with Crippen LogP contribution in [-0.2, 0) is 9.53 Å². The molecule has 1 amide bonds. The average Bonchev–Trinajstić information content (AvgIpc) is 2.73.